The second-order valence-electron chi connectivity index (χ2n) is 2.77. The maximum Gasteiger partial charge on any atom is 0.0587 e. The highest BCUT2D eigenvalue weighted by Gasteiger charge is 2.03. The first-order valence-electron chi connectivity index (χ1n) is 4.75. The van der Waals surface area contributed by atoms with Crippen molar-refractivity contribution in [3.05, 3.63) is 35.9 Å². The molecular formula is C10H15NO. The van der Waals surface area contributed by atoms with Crippen LogP contribution in [0.5, 0.6) is 0 Å². The molecule has 1 rings (SSSR count). The van der Waals surface area contributed by atoms with Crippen LogP contribution in [0.15, 0.2) is 30.3 Å². The zero-order chi connectivity index (χ0) is 9.52. The normalized spacial score (nSPS) is 13.9. The number of hydrogen-bond acceptors (Lipinski definition) is 2. The monoisotopic (exact) mass is 166 g/mol. The van der Waals surface area contributed by atoms with Crippen LogP contribution < -0.4 is 5.32 Å². The van der Waals surface area contributed by atoms with Crippen molar-refractivity contribution in [3.63, 3.8) is 0 Å². The lowest BCUT2D eigenvalue weighted by Gasteiger charge is -2.12. The zero-order valence-electron chi connectivity index (χ0n) is 8.03. The molecule has 0 fully saturated rings. The van der Waals surface area contributed by atoms with Crippen LogP contribution in [0.25, 0.3) is 0 Å². The highest BCUT2D eigenvalue weighted by atomic mass is 16.3. The van der Waals surface area contributed by atoms with Gasteiger partial charge < -0.3 is 10.4 Å². The minimum absolute atomic E-state index is 0.0000926. The van der Waals surface area contributed by atoms with Gasteiger partial charge in [-0.05, 0) is 19.0 Å². The maximum absolute atomic E-state index is 8.97. The molecular weight excluding hydrogens is 150 g/mol. The number of likely N-dealkylation sites (N-methyl/N-ethyl adjacent to an activating group) is 1. The number of benzene rings is 1. The Balaban J connectivity index is 2.46. The topological polar surface area (TPSA) is 32.3 Å². The average molecular weight is 166 g/mol. The number of aliphatic hydroxyl groups excluding tert-OH is 1. The molecule has 0 saturated carbocycles. The van der Waals surface area contributed by atoms with Crippen LogP contribution in [0.2, 0.25) is 0 Å². The summed E-state index contributed by atoms with van der Waals surface area (Å²) < 4.78 is 6.98. The molecule has 0 aliphatic heterocycles. The zero-order valence-corrected chi connectivity index (χ0v) is 7.03. The van der Waals surface area contributed by atoms with Gasteiger partial charge in [0.05, 0.1) is 6.61 Å². The van der Waals surface area contributed by atoms with Crippen molar-refractivity contribution in [2.45, 2.75) is 12.5 Å². The molecule has 0 bridgehead atoms. The van der Waals surface area contributed by atoms with Gasteiger partial charge in [0.25, 0.3) is 0 Å². The predicted octanol–water partition coefficient (Wildman–Crippen LogP) is 0.809. The maximum atomic E-state index is 8.97. The molecule has 0 aliphatic carbocycles. The molecule has 0 radical (unpaired) electrons. The van der Waals surface area contributed by atoms with Gasteiger partial charge in [0, 0.05) is 7.41 Å². The Morgan fingerprint density at radius 3 is 2.83 bits per heavy atom. The van der Waals surface area contributed by atoms with Crippen LogP contribution in [0.4, 0.5) is 0 Å². The molecule has 66 valence electrons. The second-order valence-corrected chi connectivity index (χ2v) is 2.77. The first-order chi connectivity index (χ1) is 6.36. The predicted molar refractivity (Wildman–Crippen MR) is 50.1 cm³/mol. The van der Waals surface area contributed by atoms with Gasteiger partial charge >= 0.3 is 0 Å². The van der Waals surface area contributed by atoms with E-state index in [0.29, 0.717) is 0 Å². The Morgan fingerprint density at radius 1 is 1.50 bits per heavy atom. The molecule has 12 heavy (non-hydrogen) atoms. The SMILES string of the molecule is [2H]CN[C@H](CO)Cc1ccccc1. The van der Waals surface area contributed by atoms with Crippen LogP contribution >= 0.6 is 0 Å². The van der Waals surface area contributed by atoms with Gasteiger partial charge in [0.15, 0.2) is 0 Å². The quantitative estimate of drug-likeness (QED) is 0.693. The van der Waals surface area contributed by atoms with E-state index in [9.17, 15) is 0 Å². The molecule has 0 saturated heterocycles. The van der Waals surface area contributed by atoms with Gasteiger partial charge in [-0.1, -0.05) is 30.3 Å². The van der Waals surface area contributed by atoms with Crippen molar-refractivity contribution in [1.82, 2.24) is 5.32 Å². The fraction of sp³-hybridized carbons (Fsp3) is 0.400. The van der Waals surface area contributed by atoms with Crippen LogP contribution in [-0.2, 0) is 6.42 Å². The lowest BCUT2D eigenvalue weighted by molar-refractivity contribution is 0.248. The van der Waals surface area contributed by atoms with E-state index in [1.807, 2.05) is 30.3 Å². The molecule has 2 nitrogen and oxygen atoms in total. The Bertz CT molecular complexity index is 228. The summed E-state index contributed by atoms with van der Waals surface area (Å²) in [5, 5.41) is 11.9. The minimum Gasteiger partial charge on any atom is -0.395 e. The van der Waals surface area contributed by atoms with Crippen molar-refractivity contribution in [3.8, 4) is 0 Å². The molecule has 1 atom stereocenters. The van der Waals surface area contributed by atoms with E-state index in [0.717, 1.165) is 6.42 Å². The Morgan fingerprint density at radius 2 is 2.25 bits per heavy atom. The van der Waals surface area contributed by atoms with Crippen molar-refractivity contribution in [1.29, 1.82) is 0 Å². The third kappa shape index (κ3) is 2.64. The van der Waals surface area contributed by atoms with Crippen LogP contribution in [0.3, 0.4) is 0 Å². The van der Waals surface area contributed by atoms with E-state index in [1.54, 1.807) is 0 Å². The summed E-state index contributed by atoms with van der Waals surface area (Å²) in [6.45, 7) is 0.0772. The lowest BCUT2D eigenvalue weighted by Crippen LogP contribution is -2.31. The van der Waals surface area contributed by atoms with Crippen molar-refractivity contribution >= 4 is 0 Å². The fourth-order valence-electron chi connectivity index (χ4n) is 1.10. The van der Waals surface area contributed by atoms with Crippen molar-refractivity contribution in [2.75, 3.05) is 13.6 Å². The Labute approximate surface area is 74.6 Å². The third-order valence-corrected chi connectivity index (χ3v) is 1.83. The van der Waals surface area contributed by atoms with Crippen molar-refractivity contribution in [2.24, 2.45) is 0 Å². The summed E-state index contributed by atoms with van der Waals surface area (Å²) in [5.41, 5.74) is 1.18. The minimum atomic E-state index is -0.0000926. The van der Waals surface area contributed by atoms with E-state index in [1.165, 1.54) is 5.56 Å². The number of aliphatic hydroxyl groups is 1. The molecule has 1 aromatic rings. The van der Waals surface area contributed by atoms with Crippen molar-refractivity contribution < 1.29 is 6.48 Å². The van der Waals surface area contributed by atoms with E-state index in [4.69, 9.17) is 6.48 Å². The molecule has 0 aliphatic rings. The molecule has 0 aromatic heterocycles. The second kappa shape index (κ2) is 4.91. The molecule has 1 aromatic carbocycles. The summed E-state index contributed by atoms with van der Waals surface area (Å²) in [6, 6.07) is 9.97. The third-order valence-electron chi connectivity index (χ3n) is 1.83. The first kappa shape index (κ1) is 7.77. The van der Waals surface area contributed by atoms with Crippen LogP contribution in [-0.4, -0.2) is 24.8 Å². The van der Waals surface area contributed by atoms with E-state index in [2.05, 4.69) is 5.32 Å². The molecule has 0 amide bonds. The fourth-order valence-corrected chi connectivity index (χ4v) is 1.10. The van der Waals surface area contributed by atoms with E-state index in [-0.39, 0.29) is 19.7 Å². The molecule has 0 heterocycles. The molecule has 0 unspecified atom stereocenters. The van der Waals surface area contributed by atoms with Gasteiger partial charge in [-0.25, -0.2) is 0 Å². The van der Waals surface area contributed by atoms with Gasteiger partial charge in [0.2, 0.25) is 0 Å². The van der Waals surface area contributed by atoms with E-state index >= 15 is 0 Å². The van der Waals surface area contributed by atoms with Gasteiger partial charge in [-0.3, -0.25) is 0 Å². The van der Waals surface area contributed by atoms with Gasteiger partial charge in [-0.2, -0.15) is 0 Å². The lowest BCUT2D eigenvalue weighted by atomic mass is 10.1. The molecule has 2 heteroatoms. The summed E-state index contributed by atoms with van der Waals surface area (Å²) in [4.78, 5) is 0. The molecule has 0 spiro atoms. The van der Waals surface area contributed by atoms with E-state index < -0.39 is 0 Å². The largest absolute Gasteiger partial charge is 0.395 e. The smallest absolute Gasteiger partial charge is 0.0587 e. The Hall–Kier alpha value is -0.860. The summed E-state index contributed by atoms with van der Waals surface area (Å²) >= 11 is 0. The highest BCUT2D eigenvalue weighted by Crippen LogP contribution is 2.01. The summed E-state index contributed by atoms with van der Waals surface area (Å²) in [5.74, 6) is 0. The van der Waals surface area contributed by atoms with Gasteiger partial charge in [0.1, 0.15) is 0 Å². The molecule has 2 N–H and O–H groups in total. The summed E-state index contributed by atoms with van der Waals surface area (Å²) in [6.07, 6.45) is 0.774. The number of hydrogen-bond donors (Lipinski definition) is 2. The average Bonchev–Trinajstić information content (AvgIpc) is 2.19. The standard InChI is InChI=1S/C10H15NO/c1-11-10(8-12)7-9-5-3-2-4-6-9/h2-6,10-12H,7-8H2,1H3/t10-/m0/s1/i1D. The summed E-state index contributed by atoms with van der Waals surface area (Å²) in [7, 11) is 0.151. The number of rotatable bonds is 4. The van der Waals surface area contributed by atoms with Crippen LogP contribution in [0, 0.1) is 0 Å². The van der Waals surface area contributed by atoms with Crippen LogP contribution in [0.1, 0.15) is 6.93 Å². The number of nitrogens with one attached hydrogen (secondary N) is 1. The van der Waals surface area contributed by atoms with Gasteiger partial charge in [-0.15, -0.1) is 0 Å². The Kier molecular flexibility index (Phi) is 3.18. The first-order valence-corrected chi connectivity index (χ1v) is 4.04. The highest BCUT2D eigenvalue weighted by molar-refractivity contribution is 5.15.